The third-order valence-corrected chi connectivity index (χ3v) is 9.46. The zero-order valence-electron chi connectivity index (χ0n) is 25.2. The zero-order valence-corrected chi connectivity index (χ0v) is 25.2. The largest absolute Gasteiger partial charge is 0.473 e. The van der Waals surface area contributed by atoms with Crippen LogP contribution in [-0.4, -0.2) is 13.5 Å². The molecule has 1 saturated carbocycles. The van der Waals surface area contributed by atoms with Gasteiger partial charge >= 0.3 is 0 Å². The number of para-hydroxylation sites is 2. The van der Waals surface area contributed by atoms with Crippen LogP contribution in [0.5, 0.6) is 11.5 Å². The van der Waals surface area contributed by atoms with Crippen LogP contribution < -0.4 is 19.3 Å². The van der Waals surface area contributed by atoms with Gasteiger partial charge in [0.15, 0.2) is 13.5 Å². The van der Waals surface area contributed by atoms with Gasteiger partial charge in [-0.25, -0.2) is 0 Å². The van der Waals surface area contributed by atoms with Crippen molar-refractivity contribution in [3.8, 4) is 11.5 Å². The van der Waals surface area contributed by atoms with Crippen molar-refractivity contribution in [2.45, 2.75) is 76.8 Å². The Balaban J connectivity index is 1.08. The van der Waals surface area contributed by atoms with Crippen LogP contribution in [0.25, 0.3) is 0 Å². The summed E-state index contributed by atoms with van der Waals surface area (Å²) in [6.07, 6.45) is 4.89. The minimum Gasteiger partial charge on any atom is -0.473 e. The lowest BCUT2D eigenvalue weighted by Crippen LogP contribution is -2.33. The summed E-state index contributed by atoms with van der Waals surface area (Å²) in [4.78, 5) is 4.66. The lowest BCUT2D eigenvalue weighted by Gasteiger charge is -2.36. The van der Waals surface area contributed by atoms with E-state index in [0.717, 1.165) is 24.6 Å². The monoisotopic (exact) mass is 558 g/mol. The quantitative estimate of drug-likeness (QED) is 0.249. The fraction of sp³-hybridized carbons (Fsp3) is 0.368. The molecule has 1 fully saturated rings. The molecule has 0 radical (unpaired) electrons. The third kappa shape index (κ3) is 5.35. The molecule has 0 atom stereocenters. The van der Waals surface area contributed by atoms with Gasteiger partial charge in [-0.2, -0.15) is 0 Å². The van der Waals surface area contributed by atoms with E-state index in [1.807, 2.05) is 0 Å². The minimum atomic E-state index is 0.0328. The topological polar surface area (TPSA) is 24.9 Å². The Morgan fingerprint density at radius 2 is 1.14 bits per heavy atom. The van der Waals surface area contributed by atoms with Gasteiger partial charge in [0.1, 0.15) is 11.5 Å². The molecular formula is C38H42N2O2. The van der Waals surface area contributed by atoms with Gasteiger partial charge in [-0.15, -0.1) is 0 Å². The second kappa shape index (κ2) is 11.1. The highest BCUT2D eigenvalue weighted by Gasteiger charge is 2.31. The Kier molecular flexibility index (Phi) is 7.09. The molecule has 0 aromatic heterocycles. The number of hydrogen-bond donors (Lipinski definition) is 0. The van der Waals surface area contributed by atoms with Crippen molar-refractivity contribution in [2.24, 2.45) is 0 Å². The average molecular weight is 559 g/mol. The standard InChI is InChI=1S/C38H42N2O2/c1-38(2,3)35-22-30(21-32-24-40(26-42-37(32)35)34-12-8-5-9-13-34)28-16-14-27(15-17-28)29-18-19-36-31(20-29)23-39(25-41-36)33-10-6-4-7-11-33/h4-13,18-22,27-28H,14-17,23-26H2,1-3H3. The van der Waals surface area contributed by atoms with Gasteiger partial charge < -0.3 is 19.3 Å². The highest BCUT2D eigenvalue weighted by atomic mass is 16.5. The zero-order chi connectivity index (χ0) is 28.7. The van der Waals surface area contributed by atoms with E-state index < -0.39 is 0 Å². The fourth-order valence-corrected chi connectivity index (χ4v) is 7.07. The molecule has 4 aromatic rings. The van der Waals surface area contributed by atoms with E-state index in [0.29, 0.717) is 25.3 Å². The van der Waals surface area contributed by atoms with Crippen molar-refractivity contribution >= 4 is 11.4 Å². The van der Waals surface area contributed by atoms with Gasteiger partial charge in [0, 0.05) is 41.2 Å². The third-order valence-electron chi connectivity index (χ3n) is 9.46. The average Bonchev–Trinajstić information content (AvgIpc) is 3.04. The fourth-order valence-electron chi connectivity index (χ4n) is 7.07. The van der Waals surface area contributed by atoms with Crippen molar-refractivity contribution in [3.05, 3.63) is 119 Å². The van der Waals surface area contributed by atoms with Crippen LogP contribution in [0.15, 0.2) is 91.0 Å². The predicted octanol–water partition coefficient (Wildman–Crippen LogP) is 9.14. The number of nitrogens with zero attached hydrogens (tertiary/aromatic N) is 2. The van der Waals surface area contributed by atoms with Gasteiger partial charge in [-0.1, -0.05) is 81.4 Å². The lowest BCUT2D eigenvalue weighted by molar-refractivity contribution is 0.280. The second-order valence-corrected chi connectivity index (χ2v) is 13.3. The molecular weight excluding hydrogens is 516 g/mol. The lowest BCUT2D eigenvalue weighted by atomic mass is 9.74. The van der Waals surface area contributed by atoms with Crippen LogP contribution in [0, 0.1) is 0 Å². The van der Waals surface area contributed by atoms with Crippen LogP contribution in [0.3, 0.4) is 0 Å². The SMILES string of the molecule is CC(C)(C)c1cc(C2CCC(c3ccc4c(c3)CN(c3ccccc3)CO4)CC2)cc2c1OCN(c1ccccc1)C2. The molecule has 4 aromatic carbocycles. The van der Waals surface area contributed by atoms with E-state index in [-0.39, 0.29) is 5.41 Å². The summed E-state index contributed by atoms with van der Waals surface area (Å²) in [5.74, 6) is 3.34. The first kappa shape index (κ1) is 26.9. The Hall–Kier alpha value is -3.92. The molecule has 0 N–H and O–H groups in total. The molecule has 0 unspecified atom stereocenters. The Bertz CT molecular complexity index is 1540. The molecule has 0 amide bonds. The first-order valence-electron chi connectivity index (χ1n) is 15.6. The maximum atomic E-state index is 6.46. The van der Waals surface area contributed by atoms with Crippen LogP contribution in [0.1, 0.15) is 86.1 Å². The molecule has 2 heterocycles. The molecule has 0 bridgehead atoms. The van der Waals surface area contributed by atoms with Crippen LogP contribution in [0.4, 0.5) is 11.4 Å². The summed E-state index contributed by atoms with van der Waals surface area (Å²) in [6.45, 7) is 9.93. The van der Waals surface area contributed by atoms with E-state index in [9.17, 15) is 0 Å². The number of rotatable bonds is 4. The van der Waals surface area contributed by atoms with Crippen molar-refractivity contribution < 1.29 is 9.47 Å². The van der Waals surface area contributed by atoms with Crippen molar-refractivity contribution in [1.29, 1.82) is 0 Å². The predicted molar refractivity (Wildman–Crippen MR) is 172 cm³/mol. The number of benzene rings is 4. The number of hydrogen-bond acceptors (Lipinski definition) is 4. The van der Waals surface area contributed by atoms with E-state index in [4.69, 9.17) is 9.47 Å². The van der Waals surface area contributed by atoms with Crippen LogP contribution in [0.2, 0.25) is 0 Å². The van der Waals surface area contributed by atoms with E-state index in [1.54, 1.807) is 0 Å². The van der Waals surface area contributed by atoms with Gasteiger partial charge in [-0.05, 0) is 84.4 Å². The summed E-state index contributed by atoms with van der Waals surface area (Å²) in [5.41, 5.74) is 9.41. The number of ether oxygens (including phenoxy) is 2. The molecule has 216 valence electrons. The Morgan fingerprint density at radius 3 is 1.76 bits per heavy atom. The summed E-state index contributed by atoms with van der Waals surface area (Å²) in [5, 5.41) is 0. The van der Waals surface area contributed by atoms with Crippen molar-refractivity contribution in [3.63, 3.8) is 0 Å². The number of fused-ring (bicyclic) bond motifs is 2. The highest BCUT2D eigenvalue weighted by molar-refractivity contribution is 5.55. The Morgan fingerprint density at radius 1 is 0.595 bits per heavy atom. The molecule has 3 aliphatic rings. The molecule has 0 spiro atoms. The van der Waals surface area contributed by atoms with Crippen molar-refractivity contribution in [1.82, 2.24) is 0 Å². The number of anilines is 2. The molecule has 7 rings (SSSR count). The smallest absolute Gasteiger partial charge is 0.161 e. The van der Waals surface area contributed by atoms with Crippen LogP contribution >= 0.6 is 0 Å². The van der Waals surface area contributed by atoms with Gasteiger partial charge in [0.25, 0.3) is 0 Å². The highest BCUT2D eigenvalue weighted by Crippen LogP contribution is 2.45. The molecule has 1 aliphatic carbocycles. The minimum absolute atomic E-state index is 0.0328. The van der Waals surface area contributed by atoms with Crippen molar-refractivity contribution in [2.75, 3.05) is 23.3 Å². The van der Waals surface area contributed by atoms with Gasteiger partial charge in [0.2, 0.25) is 0 Å². The van der Waals surface area contributed by atoms with Crippen LogP contribution in [-0.2, 0) is 18.5 Å². The summed E-state index contributed by atoms with van der Waals surface area (Å²) < 4.78 is 12.6. The molecule has 42 heavy (non-hydrogen) atoms. The second-order valence-electron chi connectivity index (χ2n) is 13.3. The van der Waals surface area contributed by atoms with Gasteiger partial charge in [-0.3, -0.25) is 0 Å². The molecule has 0 saturated heterocycles. The molecule has 4 nitrogen and oxygen atoms in total. The molecule has 4 heteroatoms. The first-order chi connectivity index (χ1) is 20.4. The van der Waals surface area contributed by atoms with E-state index in [1.165, 1.54) is 64.9 Å². The van der Waals surface area contributed by atoms with E-state index in [2.05, 4.69) is 122 Å². The Labute approximate surface area is 250 Å². The summed E-state index contributed by atoms with van der Waals surface area (Å²) >= 11 is 0. The van der Waals surface area contributed by atoms with Gasteiger partial charge in [0.05, 0.1) is 0 Å². The summed E-state index contributed by atoms with van der Waals surface area (Å²) in [6, 6.07) is 33.1. The molecule has 2 aliphatic heterocycles. The first-order valence-corrected chi connectivity index (χ1v) is 15.6. The maximum absolute atomic E-state index is 6.46. The summed E-state index contributed by atoms with van der Waals surface area (Å²) in [7, 11) is 0. The maximum Gasteiger partial charge on any atom is 0.161 e. The normalized spacial score (nSPS) is 20.3. The van der Waals surface area contributed by atoms with E-state index >= 15 is 0 Å².